The van der Waals surface area contributed by atoms with Gasteiger partial charge >= 0.3 is 0 Å². The molecule has 0 heterocycles. The Morgan fingerprint density at radius 1 is 1.38 bits per heavy atom. The molecule has 1 aromatic carbocycles. The maximum atomic E-state index is 11.8. The number of allylic oxidation sites excluding steroid dienone is 2. The van der Waals surface area contributed by atoms with Crippen LogP contribution in [0.1, 0.15) is 39.5 Å². The largest absolute Gasteiger partial charge is 0.504 e. The maximum absolute atomic E-state index is 11.8. The summed E-state index contributed by atoms with van der Waals surface area (Å²) in [5, 5.41) is 12.3. The van der Waals surface area contributed by atoms with Gasteiger partial charge in [-0.1, -0.05) is 26.0 Å². The lowest BCUT2D eigenvalue weighted by molar-refractivity contribution is -0.116. The molecule has 116 valence electrons. The Balaban J connectivity index is 2.31. The van der Waals surface area contributed by atoms with Crippen LogP contribution in [0.4, 0.5) is 5.69 Å². The summed E-state index contributed by atoms with van der Waals surface area (Å²) in [4.78, 5) is 11.8. The average Bonchev–Trinajstić information content (AvgIpc) is 2.44. The lowest BCUT2D eigenvalue weighted by Gasteiger charge is -2.08. The van der Waals surface area contributed by atoms with E-state index in [0.29, 0.717) is 23.8 Å². The predicted octanol–water partition coefficient (Wildman–Crippen LogP) is 4.11. The van der Waals surface area contributed by atoms with E-state index in [-0.39, 0.29) is 11.7 Å². The fourth-order valence-corrected chi connectivity index (χ4v) is 1.90. The molecule has 0 aromatic heterocycles. The van der Waals surface area contributed by atoms with Gasteiger partial charge in [-0.15, -0.1) is 0 Å². The quantitative estimate of drug-likeness (QED) is 0.430. The van der Waals surface area contributed by atoms with Gasteiger partial charge < -0.3 is 15.2 Å². The van der Waals surface area contributed by atoms with E-state index >= 15 is 0 Å². The first-order valence-electron chi connectivity index (χ1n) is 7.36. The molecule has 0 aliphatic rings. The summed E-state index contributed by atoms with van der Waals surface area (Å²) in [6, 6.07) is 4.77. The number of carbonyl (C=O) groups excluding carboxylic acids is 1. The molecule has 0 radical (unpaired) electrons. The highest BCUT2D eigenvalue weighted by Gasteiger charge is 2.06. The number of phenols is 1. The molecule has 0 saturated carbocycles. The van der Waals surface area contributed by atoms with Crippen molar-refractivity contribution < 1.29 is 14.6 Å². The van der Waals surface area contributed by atoms with Crippen LogP contribution in [0.3, 0.4) is 0 Å². The topological polar surface area (TPSA) is 58.6 Å². The standard InChI is InChI=1S/C17H25NO3/c1-13(2)8-6-4-5-7-9-17(20)18-14-10-11-15(19)16(12-14)21-3/h6,8,10-13,19H,4-5,7,9H2,1-3H3,(H,18,20)/b8-6-. The van der Waals surface area contributed by atoms with Crippen LogP contribution in [-0.2, 0) is 4.79 Å². The summed E-state index contributed by atoms with van der Waals surface area (Å²) in [6.07, 6.45) is 7.74. The molecule has 0 fully saturated rings. The number of ether oxygens (including phenoxy) is 1. The molecular weight excluding hydrogens is 266 g/mol. The van der Waals surface area contributed by atoms with Crippen LogP contribution in [0, 0.1) is 5.92 Å². The summed E-state index contributed by atoms with van der Waals surface area (Å²) in [7, 11) is 1.48. The first kappa shape index (κ1) is 17.1. The normalized spacial score (nSPS) is 11.0. The number of carbonyl (C=O) groups is 1. The Hall–Kier alpha value is -1.97. The summed E-state index contributed by atoms with van der Waals surface area (Å²) >= 11 is 0. The number of amides is 1. The molecule has 21 heavy (non-hydrogen) atoms. The number of anilines is 1. The van der Waals surface area contributed by atoms with E-state index in [1.165, 1.54) is 13.2 Å². The Labute approximate surface area is 126 Å². The minimum Gasteiger partial charge on any atom is -0.504 e. The number of hydrogen-bond donors (Lipinski definition) is 2. The zero-order chi connectivity index (χ0) is 15.7. The van der Waals surface area contributed by atoms with Gasteiger partial charge in [0.25, 0.3) is 0 Å². The minimum atomic E-state index is -0.0180. The second kappa shape index (κ2) is 9.06. The summed E-state index contributed by atoms with van der Waals surface area (Å²) in [6.45, 7) is 4.30. The van der Waals surface area contributed by atoms with E-state index in [1.54, 1.807) is 12.1 Å². The Bertz CT molecular complexity index is 481. The van der Waals surface area contributed by atoms with Gasteiger partial charge in [0.1, 0.15) is 0 Å². The molecule has 0 bridgehead atoms. The van der Waals surface area contributed by atoms with Crippen LogP contribution in [0.2, 0.25) is 0 Å². The van der Waals surface area contributed by atoms with Crippen molar-refractivity contribution in [1.29, 1.82) is 0 Å². The smallest absolute Gasteiger partial charge is 0.224 e. The highest BCUT2D eigenvalue weighted by Crippen LogP contribution is 2.28. The minimum absolute atomic E-state index is 0.0180. The van der Waals surface area contributed by atoms with Crippen molar-refractivity contribution in [2.24, 2.45) is 5.92 Å². The second-order valence-electron chi connectivity index (χ2n) is 5.35. The number of nitrogens with one attached hydrogen (secondary N) is 1. The van der Waals surface area contributed by atoms with Gasteiger partial charge in [0.2, 0.25) is 5.91 Å². The Morgan fingerprint density at radius 2 is 2.14 bits per heavy atom. The van der Waals surface area contributed by atoms with Crippen molar-refractivity contribution in [3.63, 3.8) is 0 Å². The van der Waals surface area contributed by atoms with Crippen LogP contribution in [0.5, 0.6) is 11.5 Å². The molecule has 0 aliphatic heterocycles. The first-order valence-corrected chi connectivity index (χ1v) is 7.36. The molecule has 0 aliphatic carbocycles. The number of rotatable bonds is 8. The number of phenolic OH excluding ortho intramolecular Hbond substituents is 1. The molecule has 0 spiro atoms. The highest BCUT2D eigenvalue weighted by molar-refractivity contribution is 5.91. The molecule has 2 N–H and O–H groups in total. The predicted molar refractivity (Wildman–Crippen MR) is 85.7 cm³/mol. The molecule has 4 nitrogen and oxygen atoms in total. The summed E-state index contributed by atoms with van der Waals surface area (Å²) in [5.74, 6) is 0.979. The lowest BCUT2D eigenvalue weighted by Crippen LogP contribution is -2.11. The molecule has 1 rings (SSSR count). The molecule has 0 saturated heterocycles. The van der Waals surface area contributed by atoms with Crippen LogP contribution in [0.15, 0.2) is 30.4 Å². The van der Waals surface area contributed by atoms with E-state index in [0.717, 1.165) is 19.3 Å². The maximum Gasteiger partial charge on any atom is 0.224 e. The van der Waals surface area contributed by atoms with Crippen LogP contribution >= 0.6 is 0 Å². The van der Waals surface area contributed by atoms with Crippen molar-refractivity contribution in [2.45, 2.75) is 39.5 Å². The van der Waals surface area contributed by atoms with Gasteiger partial charge in [-0.05, 0) is 37.3 Å². The number of aromatic hydroxyl groups is 1. The van der Waals surface area contributed by atoms with Crippen molar-refractivity contribution in [2.75, 3.05) is 12.4 Å². The highest BCUT2D eigenvalue weighted by atomic mass is 16.5. The molecule has 1 aromatic rings. The van der Waals surface area contributed by atoms with Crippen LogP contribution in [0.25, 0.3) is 0 Å². The van der Waals surface area contributed by atoms with E-state index in [1.807, 2.05) is 0 Å². The number of methoxy groups -OCH3 is 1. The third kappa shape index (κ3) is 6.84. The molecule has 1 amide bonds. The molecule has 0 unspecified atom stereocenters. The van der Waals surface area contributed by atoms with E-state index in [2.05, 4.69) is 31.3 Å². The summed E-state index contributed by atoms with van der Waals surface area (Å²) in [5.41, 5.74) is 0.634. The Kier molecular flexibility index (Phi) is 7.37. The second-order valence-corrected chi connectivity index (χ2v) is 5.35. The summed E-state index contributed by atoms with van der Waals surface area (Å²) < 4.78 is 5.00. The van der Waals surface area contributed by atoms with Gasteiger partial charge in [-0.25, -0.2) is 0 Å². The van der Waals surface area contributed by atoms with Crippen LogP contribution in [-0.4, -0.2) is 18.1 Å². The zero-order valence-corrected chi connectivity index (χ0v) is 13.1. The van der Waals surface area contributed by atoms with Gasteiger partial charge in [0.15, 0.2) is 11.5 Å². The van der Waals surface area contributed by atoms with Crippen molar-refractivity contribution in [3.8, 4) is 11.5 Å². The fourth-order valence-electron chi connectivity index (χ4n) is 1.90. The average molecular weight is 291 g/mol. The van der Waals surface area contributed by atoms with Gasteiger partial charge in [-0.2, -0.15) is 0 Å². The van der Waals surface area contributed by atoms with Crippen molar-refractivity contribution in [1.82, 2.24) is 0 Å². The van der Waals surface area contributed by atoms with Gasteiger partial charge in [0, 0.05) is 18.2 Å². The Morgan fingerprint density at radius 3 is 2.81 bits per heavy atom. The van der Waals surface area contributed by atoms with E-state index in [9.17, 15) is 9.90 Å². The molecule has 0 atom stereocenters. The lowest BCUT2D eigenvalue weighted by atomic mass is 10.1. The third-order valence-corrected chi connectivity index (χ3v) is 3.01. The number of benzene rings is 1. The molecular formula is C17H25NO3. The van der Waals surface area contributed by atoms with E-state index < -0.39 is 0 Å². The molecule has 4 heteroatoms. The van der Waals surface area contributed by atoms with Crippen molar-refractivity contribution >= 4 is 11.6 Å². The van der Waals surface area contributed by atoms with Gasteiger partial charge in [0.05, 0.1) is 7.11 Å². The van der Waals surface area contributed by atoms with E-state index in [4.69, 9.17) is 4.74 Å². The SMILES string of the molecule is COc1cc(NC(=O)CCCC/C=C\C(C)C)ccc1O. The third-order valence-electron chi connectivity index (χ3n) is 3.01. The van der Waals surface area contributed by atoms with Crippen molar-refractivity contribution in [3.05, 3.63) is 30.4 Å². The fraction of sp³-hybridized carbons (Fsp3) is 0.471. The monoisotopic (exact) mass is 291 g/mol. The number of hydrogen-bond acceptors (Lipinski definition) is 3. The number of unbranched alkanes of at least 4 members (excludes halogenated alkanes) is 2. The van der Waals surface area contributed by atoms with Crippen LogP contribution < -0.4 is 10.1 Å². The first-order chi connectivity index (χ1) is 10.0. The zero-order valence-electron chi connectivity index (χ0n) is 13.1. The van der Waals surface area contributed by atoms with Gasteiger partial charge in [-0.3, -0.25) is 4.79 Å².